The largest absolute Gasteiger partial charge is 0.250 e. The number of para-hydroxylation sites is 1. The van der Waals surface area contributed by atoms with Crippen LogP contribution in [0.5, 0.6) is 0 Å². The molecule has 1 aromatic heterocycles. The summed E-state index contributed by atoms with van der Waals surface area (Å²) in [5.74, 6) is 0.185. The van der Waals surface area contributed by atoms with Crippen LogP contribution >= 0.6 is 34.8 Å². The second-order valence-corrected chi connectivity index (χ2v) is 7.01. The minimum atomic E-state index is -1.65. The second kappa shape index (κ2) is 5.45. The summed E-state index contributed by atoms with van der Waals surface area (Å²) in [7, 11) is 0. The van der Waals surface area contributed by atoms with Gasteiger partial charge in [-0.3, -0.25) is 0 Å². The molecule has 2 aromatic carbocycles. The van der Waals surface area contributed by atoms with Crippen molar-refractivity contribution in [2.45, 2.75) is 10.7 Å². The molecular formula is C16H11Cl3N2. The smallest absolute Gasteiger partial charge is 0.228 e. The van der Waals surface area contributed by atoms with Gasteiger partial charge in [0.25, 0.3) is 0 Å². The van der Waals surface area contributed by atoms with Crippen molar-refractivity contribution >= 4 is 45.7 Å². The molecule has 0 spiro atoms. The second-order valence-electron chi connectivity index (χ2n) is 4.73. The van der Waals surface area contributed by atoms with E-state index in [-0.39, 0.29) is 5.82 Å². The van der Waals surface area contributed by atoms with Gasteiger partial charge >= 0.3 is 0 Å². The van der Waals surface area contributed by atoms with Crippen molar-refractivity contribution < 1.29 is 0 Å². The Kier molecular flexibility index (Phi) is 3.78. The summed E-state index contributed by atoms with van der Waals surface area (Å²) in [6, 6.07) is 15.7. The number of benzene rings is 2. The fraction of sp³-hybridized carbons (Fsp3) is 0.125. The van der Waals surface area contributed by atoms with E-state index in [0.29, 0.717) is 0 Å². The normalized spacial score (nSPS) is 11.8. The maximum atomic E-state index is 5.96. The highest BCUT2D eigenvalue weighted by molar-refractivity contribution is 6.66. The van der Waals surface area contributed by atoms with Gasteiger partial charge in [-0.05, 0) is 18.6 Å². The van der Waals surface area contributed by atoms with Crippen LogP contribution in [0.1, 0.15) is 11.4 Å². The molecule has 0 radical (unpaired) electrons. The lowest BCUT2D eigenvalue weighted by atomic mass is 10.0. The third-order valence-electron chi connectivity index (χ3n) is 3.26. The zero-order chi connectivity index (χ0) is 15.0. The molecule has 0 aliphatic heterocycles. The molecule has 0 fully saturated rings. The van der Waals surface area contributed by atoms with Crippen LogP contribution in [0.2, 0.25) is 0 Å². The van der Waals surface area contributed by atoms with Gasteiger partial charge in [-0.25, -0.2) is 9.97 Å². The lowest BCUT2D eigenvalue weighted by Crippen LogP contribution is -2.08. The molecule has 0 atom stereocenters. The van der Waals surface area contributed by atoms with E-state index in [2.05, 4.69) is 9.97 Å². The van der Waals surface area contributed by atoms with Crippen molar-refractivity contribution in [3.05, 3.63) is 59.9 Å². The summed E-state index contributed by atoms with van der Waals surface area (Å²) in [5, 5.41) is 0.935. The number of alkyl halides is 3. The van der Waals surface area contributed by atoms with Gasteiger partial charge in [0.2, 0.25) is 3.79 Å². The molecule has 2 nitrogen and oxygen atoms in total. The van der Waals surface area contributed by atoms with E-state index in [4.69, 9.17) is 34.8 Å². The minimum Gasteiger partial charge on any atom is -0.228 e. The van der Waals surface area contributed by atoms with Gasteiger partial charge in [0.15, 0.2) is 5.82 Å². The van der Waals surface area contributed by atoms with Gasteiger partial charge in [0.1, 0.15) is 0 Å². The highest BCUT2D eigenvalue weighted by Gasteiger charge is 2.28. The highest BCUT2D eigenvalue weighted by atomic mass is 35.6. The zero-order valence-electron chi connectivity index (χ0n) is 11.1. The van der Waals surface area contributed by atoms with Gasteiger partial charge in [-0.2, -0.15) is 0 Å². The molecule has 0 amide bonds. The van der Waals surface area contributed by atoms with E-state index in [0.717, 1.165) is 27.7 Å². The van der Waals surface area contributed by atoms with E-state index in [1.54, 1.807) is 0 Å². The van der Waals surface area contributed by atoms with Gasteiger partial charge < -0.3 is 0 Å². The fourth-order valence-electron chi connectivity index (χ4n) is 2.25. The van der Waals surface area contributed by atoms with Crippen LogP contribution < -0.4 is 0 Å². The predicted molar refractivity (Wildman–Crippen MR) is 88.9 cm³/mol. The maximum Gasteiger partial charge on any atom is 0.250 e. The standard InChI is InChI=1S/C16H11Cl3N2/c1-10-6-2-3-7-11(10)14-12-8-4-5-9-13(12)20-15(21-14)16(17,18)19/h2-9H,1H3. The number of hydrogen-bond donors (Lipinski definition) is 0. The Morgan fingerprint density at radius 2 is 1.52 bits per heavy atom. The molecule has 5 heteroatoms. The van der Waals surface area contributed by atoms with Crippen LogP contribution in [0.4, 0.5) is 0 Å². The molecule has 3 aromatic rings. The quantitative estimate of drug-likeness (QED) is 0.553. The summed E-state index contributed by atoms with van der Waals surface area (Å²) >= 11 is 17.9. The van der Waals surface area contributed by atoms with Crippen molar-refractivity contribution in [1.29, 1.82) is 0 Å². The summed E-state index contributed by atoms with van der Waals surface area (Å²) in [6.45, 7) is 2.03. The molecular weight excluding hydrogens is 327 g/mol. The number of hydrogen-bond acceptors (Lipinski definition) is 2. The molecule has 0 bridgehead atoms. The Morgan fingerprint density at radius 1 is 0.857 bits per heavy atom. The summed E-state index contributed by atoms with van der Waals surface area (Å²) < 4.78 is -1.65. The number of aryl methyl sites for hydroxylation is 1. The Labute approximate surface area is 137 Å². The van der Waals surface area contributed by atoms with Gasteiger partial charge in [-0.15, -0.1) is 0 Å². The first-order chi connectivity index (χ1) is 9.97. The third-order valence-corrected chi connectivity index (χ3v) is 3.76. The molecule has 0 saturated heterocycles. The lowest BCUT2D eigenvalue weighted by Gasteiger charge is -2.14. The summed E-state index contributed by atoms with van der Waals surface area (Å²) in [6.07, 6.45) is 0. The molecule has 0 N–H and O–H groups in total. The van der Waals surface area contributed by atoms with Crippen LogP contribution in [0, 0.1) is 6.92 Å². The first-order valence-corrected chi connectivity index (χ1v) is 7.50. The molecule has 1 heterocycles. The van der Waals surface area contributed by atoms with E-state index >= 15 is 0 Å². The Bertz CT molecular complexity index is 810. The van der Waals surface area contributed by atoms with Gasteiger partial charge in [0.05, 0.1) is 11.2 Å². The van der Waals surface area contributed by atoms with Crippen molar-refractivity contribution in [2.75, 3.05) is 0 Å². The molecule has 0 aliphatic carbocycles. The molecule has 0 aliphatic rings. The summed E-state index contributed by atoms with van der Waals surface area (Å²) in [4.78, 5) is 8.85. The minimum absolute atomic E-state index is 0.185. The molecule has 0 saturated carbocycles. The van der Waals surface area contributed by atoms with Crippen molar-refractivity contribution in [2.24, 2.45) is 0 Å². The maximum absolute atomic E-state index is 5.96. The Hall–Kier alpha value is -1.35. The van der Waals surface area contributed by atoms with Gasteiger partial charge in [0, 0.05) is 10.9 Å². The van der Waals surface area contributed by atoms with Crippen molar-refractivity contribution in [1.82, 2.24) is 9.97 Å². The Balaban J connectivity index is 2.38. The fourth-order valence-corrected chi connectivity index (χ4v) is 2.50. The SMILES string of the molecule is Cc1ccccc1-c1nc(C(Cl)(Cl)Cl)nc2ccccc12. The lowest BCUT2D eigenvalue weighted by molar-refractivity contribution is 0.999. The first kappa shape index (κ1) is 14.6. The number of aromatic nitrogens is 2. The number of nitrogens with zero attached hydrogens (tertiary/aromatic N) is 2. The van der Waals surface area contributed by atoms with E-state index < -0.39 is 3.79 Å². The number of rotatable bonds is 1. The zero-order valence-corrected chi connectivity index (χ0v) is 13.4. The van der Waals surface area contributed by atoms with Crippen LogP contribution in [-0.4, -0.2) is 9.97 Å². The number of halogens is 3. The monoisotopic (exact) mass is 336 g/mol. The van der Waals surface area contributed by atoms with Crippen LogP contribution in [0.15, 0.2) is 48.5 Å². The average Bonchev–Trinajstić information content (AvgIpc) is 2.46. The highest BCUT2D eigenvalue weighted by Crippen LogP contribution is 2.38. The molecule has 3 rings (SSSR count). The molecule has 21 heavy (non-hydrogen) atoms. The topological polar surface area (TPSA) is 25.8 Å². The van der Waals surface area contributed by atoms with Crippen molar-refractivity contribution in [3.63, 3.8) is 0 Å². The number of fused-ring (bicyclic) bond motifs is 1. The predicted octanol–water partition coefficient (Wildman–Crippen LogP) is 5.43. The van der Waals surface area contributed by atoms with E-state index in [1.807, 2.05) is 55.5 Å². The van der Waals surface area contributed by atoms with Crippen molar-refractivity contribution in [3.8, 4) is 11.3 Å². The Morgan fingerprint density at radius 3 is 2.24 bits per heavy atom. The molecule has 106 valence electrons. The van der Waals surface area contributed by atoms with Crippen LogP contribution in [-0.2, 0) is 3.79 Å². The van der Waals surface area contributed by atoms with Crippen LogP contribution in [0.3, 0.4) is 0 Å². The third kappa shape index (κ3) is 2.84. The molecule has 0 unspecified atom stereocenters. The van der Waals surface area contributed by atoms with E-state index in [1.165, 1.54) is 0 Å². The van der Waals surface area contributed by atoms with Gasteiger partial charge in [-0.1, -0.05) is 77.3 Å². The van der Waals surface area contributed by atoms with Crippen LogP contribution in [0.25, 0.3) is 22.2 Å². The van der Waals surface area contributed by atoms with E-state index in [9.17, 15) is 0 Å². The first-order valence-electron chi connectivity index (χ1n) is 6.37. The summed E-state index contributed by atoms with van der Waals surface area (Å²) in [5.41, 5.74) is 3.65. The average molecular weight is 338 g/mol.